The number of halogens is 5. The molecule has 0 radical (unpaired) electrons. The van der Waals surface area contributed by atoms with E-state index in [1.54, 1.807) is 11.0 Å². The molecule has 1 N–H and O–H groups in total. The summed E-state index contributed by atoms with van der Waals surface area (Å²) in [6.07, 6.45) is -3.44. The number of alkyl halides is 3. The lowest BCUT2D eigenvalue weighted by molar-refractivity contribution is -0.143. The van der Waals surface area contributed by atoms with Crippen molar-refractivity contribution in [1.82, 2.24) is 14.7 Å². The van der Waals surface area contributed by atoms with Gasteiger partial charge in [0.1, 0.15) is 17.4 Å². The number of benzene rings is 1. The molecule has 162 valence electrons. The summed E-state index contributed by atoms with van der Waals surface area (Å²) in [5.74, 6) is -0.757. The minimum absolute atomic E-state index is 0.0868. The minimum Gasteiger partial charge on any atom is -0.366 e. The van der Waals surface area contributed by atoms with Crippen molar-refractivity contribution in [1.29, 1.82) is 0 Å². The number of aromatic nitrogens is 2. The van der Waals surface area contributed by atoms with E-state index in [2.05, 4.69) is 10.4 Å². The number of carbonyl (C=O) groups is 1. The molecule has 1 aromatic heterocycles. The maximum Gasteiger partial charge on any atom is 0.408 e. The van der Waals surface area contributed by atoms with E-state index < -0.39 is 24.1 Å². The first-order valence-electron chi connectivity index (χ1n) is 8.97. The van der Waals surface area contributed by atoms with Gasteiger partial charge in [-0.3, -0.25) is 14.5 Å². The molecule has 1 saturated heterocycles. The van der Waals surface area contributed by atoms with E-state index in [1.165, 1.54) is 18.2 Å². The fraction of sp³-hybridized carbons (Fsp3) is 0.389. The molecule has 0 bridgehead atoms. The summed E-state index contributed by atoms with van der Waals surface area (Å²) in [5, 5.41) is 5.86. The summed E-state index contributed by atoms with van der Waals surface area (Å²) in [4.78, 5) is 27.8. The zero-order valence-corrected chi connectivity index (χ0v) is 16.4. The van der Waals surface area contributed by atoms with Crippen molar-refractivity contribution in [2.24, 2.45) is 0 Å². The molecule has 0 spiro atoms. The van der Waals surface area contributed by atoms with Gasteiger partial charge >= 0.3 is 6.18 Å². The van der Waals surface area contributed by atoms with Crippen LogP contribution in [0.1, 0.15) is 0 Å². The first kappa shape index (κ1) is 22.0. The fourth-order valence-electron chi connectivity index (χ4n) is 3.08. The highest BCUT2D eigenvalue weighted by Gasteiger charge is 2.30. The molecule has 30 heavy (non-hydrogen) atoms. The van der Waals surface area contributed by atoms with Gasteiger partial charge in [-0.1, -0.05) is 17.7 Å². The van der Waals surface area contributed by atoms with Gasteiger partial charge in [0.2, 0.25) is 5.91 Å². The Bertz CT molecular complexity index is 974. The molecule has 2 aromatic rings. The van der Waals surface area contributed by atoms with E-state index in [9.17, 15) is 27.2 Å². The molecule has 0 saturated carbocycles. The Labute approximate surface area is 173 Å². The zero-order valence-electron chi connectivity index (χ0n) is 15.6. The SMILES string of the molecule is O=C(CN1CCN(c2cnn(CC(F)(F)F)c(=O)c2Cl)CC1)Nc1cccc(F)c1. The third kappa shape index (κ3) is 5.70. The summed E-state index contributed by atoms with van der Waals surface area (Å²) in [6.45, 7) is 0.287. The minimum atomic E-state index is -4.58. The highest BCUT2D eigenvalue weighted by Crippen LogP contribution is 2.23. The van der Waals surface area contributed by atoms with E-state index in [0.717, 1.165) is 6.20 Å². The number of nitrogens with zero attached hydrogens (tertiary/aromatic N) is 4. The summed E-state index contributed by atoms with van der Waals surface area (Å²) >= 11 is 5.99. The van der Waals surface area contributed by atoms with Crippen LogP contribution in [-0.4, -0.2) is 59.5 Å². The lowest BCUT2D eigenvalue weighted by Gasteiger charge is -2.35. The number of rotatable bonds is 5. The maximum absolute atomic E-state index is 13.2. The third-order valence-corrected chi connectivity index (χ3v) is 4.84. The fourth-order valence-corrected chi connectivity index (χ4v) is 3.34. The van der Waals surface area contributed by atoms with Crippen LogP contribution in [0.4, 0.5) is 28.9 Å². The first-order valence-corrected chi connectivity index (χ1v) is 9.35. The smallest absolute Gasteiger partial charge is 0.366 e. The largest absolute Gasteiger partial charge is 0.408 e. The molecule has 0 atom stereocenters. The first-order chi connectivity index (χ1) is 14.1. The maximum atomic E-state index is 13.2. The van der Waals surface area contributed by atoms with Gasteiger partial charge in [0, 0.05) is 31.9 Å². The van der Waals surface area contributed by atoms with Crippen LogP contribution in [0.5, 0.6) is 0 Å². The van der Waals surface area contributed by atoms with Crippen LogP contribution in [0.2, 0.25) is 5.02 Å². The topological polar surface area (TPSA) is 70.5 Å². The van der Waals surface area contributed by atoms with Gasteiger partial charge < -0.3 is 10.2 Å². The second-order valence-corrected chi connectivity index (χ2v) is 7.12. The summed E-state index contributed by atoms with van der Waals surface area (Å²) in [6, 6.07) is 5.56. The van der Waals surface area contributed by atoms with Crippen LogP contribution in [0.15, 0.2) is 35.3 Å². The molecule has 1 aliphatic rings. The standard InChI is InChI=1S/C18H18ClF4N5O2/c19-16-14(9-24-28(17(16)30)11-18(21,22)23)27-6-4-26(5-7-27)10-15(29)25-13-3-1-2-12(20)8-13/h1-3,8-9H,4-7,10-11H2,(H,25,29). The second kappa shape index (κ2) is 9.00. The molecule has 7 nitrogen and oxygen atoms in total. The van der Waals surface area contributed by atoms with Gasteiger partial charge in [0.05, 0.1) is 18.4 Å². The van der Waals surface area contributed by atoms with Crippen LogP contribution in [0.3, 0.4) is 0 Å². The van der Waals surface area contributed by atoms with Gasteiger partial charge in [0.25, 0.3) is 5.56 Å². The van der Waals surface area contributed by atoms with Crippen LogP contribution >= 0.6 is 11.6 Å². The molecule has 2 heterocycles. The van der Waals surface area contributed by atoms with Gasteiger partial charge in [-0.2, -0.15) is 18.3 Å². The Morgan fingerprint density at radius 3 is 2.53 bits per heavy atom. The van der Waals surface area contributed by atoms with Crippen molar-refractivity contribution < 1.29 is 22.4 Å². The Morgan fingerprint density at radius 2 is 1.90 bits per heavy atom. The highest BCUT2D eigenvalue weighted by atomic mass is 35.5. The molecular formula is C18H18ClF4N5O2. The number of hydrogen-bond donors (Lipinski definition) is 1. The number of piperazine rings is 1. The van der Waals surface area contributed by atoms with Crippen LogP contribution in [0.25, 0.3) is 0 Å². The average Bonchev–Trinajstić information content (AvgIpc) is 2.65. The quantitative estimate of drug-likeness (QED) is 0.713. The predicted molar refractivity (Wildman–Crippen MR) is 103 cm³/mol. The Hall–Kier alpha value is -2.66. The molecular weight excluding hydrogens is 430 g/mol. The van der Waals surface area contributed by atoms with Crippen LogP contribution < -0.4 is 15.8 Å². The van der Waals surface area contributed by atoms with E-state index in [0.29, 0.717) is 31.9 Å². The van der Waals surface area contributed by atoms with Gasteiger partial charge in [-0.05, 0) is 18.2 Å². The number of carbonyl (C=O) groups excluding carboxylic acids is 1. The van der Waals surface area contributed by atoms with Gasteiger partial charge in [0.15, 0.2) is 0 Å². The monoisotopic (exact) mass is 447 g/mol. The average molecular weight is 448 g/mol. The molecule has 3 rings (SSSR count). The van der Waals surface area contributed by atoms with Crippen molar-refractivity contribution in [3.63, 3.8) is 0 Å². The van der Waals surface area contributed by atoms with Crippen molar-refractivity contribution in [3.8, 4) is 0 Å². The Kier molecular flexibility index (Phi) is 6.61. The lowest BCUT2D eigenvalue weighted by Crippen LogP contribution is -2.49. The molecule has 12 heteroatoms. The van der Waals surface area contributed by atoms with Crippen molar-refractivity contribution in [2.45, 2.75) is 12.7 Å². The summed E-state index contributed by atoms with van der Waals surface area (Å²) in [5.41, 5.74) is -0.400. The molecule has 0 aliphatic carbocycles. The van der Waals surface area contributed by atoms with Crippen LogP contribution in [0, 0.1) is 5.82 Å². The molecule has 0 unspecified atom stereocenters. The second-order valence-electron chi connectivity index (χ2n) is 6.74. The van der Waals surface area contributed by atoms with E-state index in [-0.39, 0.29) is 27.8 Å². The van der Waals surface area contributed by atoms with Crippen molar-refractivity contribution in [2.75, 3.05) is 42.9 Å². The predicted octanol–water partition coefficient (Wildman–Crippen LogP) is 2.36. The molecule has 1 fully saturated rings. The van der Waals surface area contributed by atoms with Crippen molar-refractivity contribution >= 4 is 28.9 Å². The third-order valence-electron chi connectivity index (χ3n) is 4.48. The van der Waals surface area contributed by atoms with E-state index in [4.69, 9.17) is 11.6 Å². The molecule has 1 aromatic carbocycles. The van der Waals surface area contributed by atoms with Gasteiger partial charge in [-0.25, -0.2) is 9.07 Å². The van der Waals surface area contributed by atoms with Crippen LogP contribution in [-0.2, 0) is 11.3 Å². The van der Waals surface area contributed by atoms with Gasteiger partial charge in [-0.15, -0.1) is 0 Å². The Morgan fingerprint density at radius 1 is 1.20 bits per heavy atom. The zero-order chi connectivity index (χ0) is 21.9. The number of hydrogen-bond acceptors (Lipinski definition) is 5. The lowest BCUT2D eigenvalue weighted by atomic mass is 10.2. The Balaban J connectivity index is 1.57. The summed E-state index contributed by atoms with van der Waals surface area (Å²) < 4.78 is 51.0. The molecule has 1 amide bonds. The van der Waals surface area contributed by atoms with E-state index in [1.807, 2.05) is 4.90 Å². The summed E-state index contributed by atoms with van der Waals surface area (Å²) in [7, 11) is 0. The van der Waals surface area contributed by atoms with Crippen molar-refractivity contribution in [3.05, 3.63) is 51.7 Å². The highest BCUT2D eigenvalue weighted by molar-refractivity contribution is 6.33. The number of nitrogens with one attached hydrogen (secondary N) is 1. The molecule has 1 aliphatic heterocycles. The number of amides is 1. The normalized spacial score (nSPS) is 15.3. The van der Waals surface area contributed by atoms with E-state index >= 15 is 0 Å². The number of anilines is 2.